The zero-order valence-electron chi connectivity index (χ0n) is 15.4. The minimum atomic E-state index is 0.110. The van der Waals surface area contributed by atoms with Gasteiger partial charge in [-0.25, -0.2) is 0 Å². The summed E-state index contributed by atoms with van der Waals surface area (Å²) in [6.45, 7) is 10.6. The van der Waals surface area contributed by atoms with Gasteiger partial charge in [0.05, 0.1) is 17.8 Å². The van der Waals surface area contributed by atoms with Crippen LogP contribution in [0.2, 0.25) is 5.02 Å². The lowest BCUT2D eigenvalue weighted by Crippen LogP contribution is -2.42. The van der Waals surface area contributed by atoms with Crippen LogP contribution in [-0.4, -0.2) is 33.7 Å². The standard InChI is InChI=1S/C20H26ClN3O/c1-13-9-14(2)11-23(10-13)20(25)19-15(3)22-24(16(19)4)12-17-7-5-6-8-18(17)21/h5-8,13-14H,9-12H2,1-4H3. The molecule has 1 fully saturated rings. The van der Waals surface area contributed by atoms with Gasteiger partial charge in [-0.3, -0.25) is 9.48 Å². The van der Waals surface area contributed by atoms with Gasteiger partial charge in [-0.2, -0.15) is 5.10 Å². The van der Waals surface area contributed by atoms with Crippen LogP contribution < -0.4 is 0 Å². The predicted octanol–water partition coefficient (Wildman–Crippen LogP) is 4.32. The minimum Gasteiger partial charge on any atom is -0.338 e. The second-order valence-electron chi connectivity index (χ2n) is 7.45. The van der Waals surface area contributed by atoms with Gasteiger partial charge in [0.25, 0.3) is 5.91 Å². The Morgan fingerprint density at radius 1 is 1.20 bits per heavy atom. The first-order valence-corrected chi connectivity index (χ1v) is 9.31. The van der Waals surface area contributed by atoms with E-state index in [0.29, 0.717) is 18.4 Å². The summed E-state index contributed by atoms with van der Waals surface area (Å²) < 4.78 is 1.89. The van der Waals surface area contributed by atoms with Crippen LogP contribution in [0.1, 0.15) is 47.6 Å². The molecule has 2 unspecified atom stereocenters. The highest BCUT2D eigenvalue weighted by Gasteiger charge is 2.29. The first-order chi connectivity index (χ1) is 11.9. The van der Waals surface area contributed by atoms with E-state index in [2.05, 4.69) is 18.9 Å². The Kier molecular flexibility index (Phi) is 5.19. The van der Waals surface area contributed by atoms with Crippen LogP contribution in [0.4, 0.5) is 0 Å². The molecule has 2 atom stereocenters. The van der Waals surface area contributed by atoms with Crippen LogP contribution in [0.25, 0.3) is 0 Å². The Morgan fingerprint density at radius 3 is 2.48 bits per heavy atom. The average Bonchev–Trinajstić information content (AvgIpc) is 2.82. The number of piperidine rings is 1. The number of likely N-dealkylation sites (tertiary alicyclic amines) is 1. The molecule has 1 aliphatic rings. The van der Waals surface area contributed by atoms with Crippen LogP contribution in [0.15, 0.2) is 24.3 Å². The van der Waals surface area contributed by atoms with Crippen molar-refractivity contribution in [3.8, 4) is 0 Å². The Bertz CT molecular complexity index is 773. The van der Waals surface area contributed by atoms with Crippen molar-refractivity contribution in [3.05, 3.63) is 51.8 Å². The van der Waals surface area contributed by atoms with Crippen molar-refractivity contribution in [2.45, 2.75) is 40.7 Å². The van der Waals surface area contributed by atoms with Crippen molar-refractivity contribution < 1.29 is 4.79 Å². The Labute approximate surface area is 154 Å². The summed E-state index contributed by atoms with van der Waals surface area (Å²) in [5.74, 6) is 1.21. The van der Waals surface area contributed by atoms with Gasteiger partial charge in [0.15, 0.2) is 0 Å². The molecular weight excluding hydrogens is 334 g/mol. The highest BCUT2D eigenvalue weighted by molar-refractivity contribution is 6.31. The number of halogens is 1. The summed E-state index contributed by atoms with van der Waals surface area (Å²) >= 11 is 6.27. The van der Waals surface area contributed by atoms with Crippen molar-refractivity contribution in [2.75, 3.05) is 13.1 Å². The SMILES string of the molecule is Cc1nn(Cc2ccccc2Cl)c(C)c1C(=O)N1CC(C)CC(C)C1. The molecule has 25 heavy (non-hydrogen) atoms. The number of rotatable bonds is 3. The molecule has 1 aromatic carbocycles. The molecule has 1 amide bonds. The highest BCUT2D eigenvalue weighted by atomic mass is 35.5. The van der Waals surface area contributed by atoms with E-state index in [1.165, 1.54) is 6.42 Å². The van der Waals surface area contributed by atoms with E-state index in [-0.39, 0.29) is 5.91 Å². The smallest absolute Gasteiger partial charge is 0.257 e. The number of hydrogen-bond donors (Lipinski definition) is 0. The second kappa shape index (κ2) is 7.20. The van der Waals surface area contributed by atoms with Crippen molar-refractivity contribution in [1.29, 1.82) is 0 Å². The Hall–Kier alpha value is -1.81. The van der Waals surface area contributed by atoms with Gasteiger partial charge in [-0.05, 0) is 43.7 Å². The number of amides is 1. The summed E-state index contributed by atoms with van der Waals surface area (Å²) in [7, 11) is 0. The summed E-state index contributed by atoms with van der Waals surface area (Å²) in [6.07, 6.45) is 1.19. The molecule has 5 heteroatoms. The van der Waals surface area contributed by atoms with Gasteiger partial charge in [0.1, 0.15) is 0 Å². The van der Waals surface area contributed by atoms with Gasteiger partial charge < -0.3 is 4.90 Å². The average molecular weight is 360 g/mol. The maximum atomic E-state index is 13.1. The van der Waals surface area contributed by atoms with Crippen LogP contribution >= 0.6 is 11.6 Å². The molecule has 3 rings (SSSR count). The van der Waals surface area contributed by atoms with E-state index < -0.39 is 0 Å². The summed E-state index contributed by atoms with van der Waals surface area (Å²) in [6, 6.07) is 7.76. The van der Waals surface area contributed by atoms with E-state index in [4.69, 9.17) is 11.6 Å². The molecule has 2 aromatic rings. The van der Waals surface area contributed by atoms with Crippen LogP contribution in [0.5, 0.6) is 0 Å². The van der Waals surface area contributed by atoms with Crippen molar-refractivity contribution in [2.24, 2.45) is 11.8 Å². The Balaban J connectivity index is 1.87. The zero-order chi connectivity index (χ0) is 18.1. The molecule has 1 aliphatic heterocycles. The fourth-order valence-electron chi connectivity index (χ4n) is 3.94. The molecule has 1 aromatic heterocycles. The first kappa shape index (κ1) is 18.0. The number of carbonyl (C=O) groups is 1. The predicted molar refractivity (Wildman–Crippen MR) is 101 cm³/mol. The first-order valence-electron chi connectivity index (χ1n) is 8.93. The molecule has 0 saturated carbocycles. The molecule has 134 valence electrons. The fourth-order valence-corrected chi connectivity index (χ4v) is 4.13. The van der Waals surface area contributed by atoms with Crippen LogP contribution in [0, 0.1) is 25.7 Å². The van der Waals surface area contributed by atoms with Crippen molar-refractivity contribution in [3.63, 3.8) is 0 Å². The Morgan fingerprint density at radius 2 is 1.84 bits per heavy atom. The number of carbonyl (C=O) groups excluding carboxylic acids is 1. The molecule has 4 nitrogen and oxygen atoms in total. The molecular formula is C20H26ClN3O. The number of aromatic nitrogens is 2. The van der Waals surface area contributed by atoms with Crippen LogP contribution in [-0.2, 0) is 6.54 Å². The van der Waals surface area contributed by atoms with Crippen molar-refractivity contribution >= 4 is 17.5 Å². The molecule has 0 radical (unpaired) electrons. The number of aryl methyl sites for hydroxylation is 1. The topological polar surface area (TPSA) is 38.1 Å². The monoisotopic (exact) mass is 359 g/mol. The van der Waals surface area contributed by atoms with Crippen molar-refractivity contribution in [1.82, 2.24) is 14.7 Å². The third kappa shape index (κ3) is 3.74. The quantitative estimate of drug-likeness (QED) is 0.818. The van der Waals surface area contributed by atoms with E-state index in [1.54, 1.807) is 0 Å². The third-order valence-electron chi connectivity index (χ3n) is 5.03. The lowest BCUT2D eigenvalue weighted by atomic mass is 9.91. The van der Waals surface area contributed by atoms with E-state index in [9.17, 15) is 4.79 Å². The highest BCUT2D eigenvalue weighted by Crippen LogP contribution is 2.25. The lowest BCUT2D eigenvalue weighted by Gasteiger charge is -2.35. The van der Waals surface area contributed by atoms with Gasteiger partial charge in [0, 0.05) is 23.8 Å². The summed E-state index contributed by atoms with van der Waals surface area (Å²) in [5, 5.41) is 5.33. The summed E-state index contributed by atoms with van der Waals surface area (Å²) in [5.41, 5.74) is 3.45. The number of hydrogen-bond acceptors (Lipinski definition) is 2. The lowest BCUT2D eigenvalue weighted by molar-refractivity contribution is 0.0621. The maximum absolute atomic E-state index is 13.1. The third-order valence-corrected chi connectivity index (χ3v) is 5.40. The number of nitrogens with zero attached hydrogens (tertiary/aromatic N) is 3. The summed E-state index contributed by atoms with van der Waals surface area (Å²) in [4.78, 5) is 15.1. The maximum Gasteiger partial charge on any atom is 0.257 e. The number of benzene rings is 1. The molecule has 2 heterocycles. The normalized spacial score (nSPS) is 20.8. The van der Waals surface area contributed by atoms with Crippen LogP contribution in [0.3, 0.4) is 0 Å². The van der Waals surface area contributed by atoms with Gasteiger partial charge in [-0.1, -0.05) is 43.6 Å². The van der Waals surface area contributed by atoms with Gasteiger partial charge >= 0.3 is 0 Å². The molecule has 0 N–H and O–H groups in total. The van der Waals surface area contributed by atoms with Gasteiger partial charge in [-0.15, -0.1) is 0 Å². The van der Waals surface area contributed by atoms with E-state index in [1.807, 2.05) is 47.7 Å². The molecule has 0 bridgehead atoms. The second-order valence-corrected chi connectivity index (χ2v) is 7.86. The molecule has 1 saturated heterocycles. The van der Waals surface area contributed by atoms with E-state index >= 15 is 0 Å². The zero-order valence-corrected chi connectivity index (χ0v) is 16.2. The molecule has 0 spiro atoms. The fraction of sp³-hybridized carbons (Fsp3) is 0.500. The largest absolute Gasteiger partial charge is 0.338 e. The molecule has 0 aliphatic carbocycles. The van der Waals surface area contributed by atoms with E-state index in [0.717, 1.165) is 40.6 Å². The minimum absolute atomic E-state index is 0.110. The van der Waals surface area contributed by atoms with Gasteiger partial charge in [0.2, 0.25) is 0 Å².